The van der Waals surface area contributed by atoms with Gasteiger partial charge in [-0.15, -0.1) is 0 Å². The number of carbonyl (C=O) groups excluding carboxylic acids is 1. The minimum Gasteiger partial charge on any atom is -0.324 e. The number of carbonyl (C=O) groups is 1. The van der Waals surface area contributed by atoms with Crippen LogP contribution in [0.4, 0.5) is 14.5 Å². The van der Waals surface area contributed by atoms with Gasteiger partial charge in [-0.25, -0.2) is 8.78 Å². The second-order valence-electron chi connectivity index (χ2n) is 3.89. The highest BCUT2D eigenvalue weighted by molar-refractivity contribution is 5.90. The van der Waals surface area contributed by atoms with Crippen molar-refractivity contribution in [3.05, 3.63) is 47.8 Å². The predicted octanol–water partition coefficient (Wildman–Crippen LogP) is 2.11. The highest BCUT2D eigenvalue weighted by Gasteiger charge is 2.07. The molecule has 1 amide bonds. The maximum atomic E-state index is 12.9. The normalized spacial score (nSPS) is 10.4. The van der Waals surface area contributed by atoms with Crippen LogP contribution in [0.5, 0.6) is 0 Å². The van der Waals surface area contributed by atoms with Crippen molar-refractivity contribution in [3.63, 3.8) is 0 Å². The molecule has 0 aliphatic heterocycles. The van der Waals surface area contributed by atoms with E-state index in [2.05, 4.69) is 10.4 Å². The van der Waals surface area contributed by atoms with Gasteiger partial charge in [0, 0.05) is 18.0 Å². The SMILES string of the molecule is Cc1cnn(CC(=O)Nc2ccc(F)c(F)c2)c1. The molecule has 1 N–H and O–H groups in total. The molecule has 0 atom stereocenters. The van der Waals surface area contributed by atoms with Crippen molar-refractivity contribution in [2.75, 3.05) is 5.32 Å². The van der Waals surface area contributed by atoms with Crippen molar-refractivity contribution in [1.82, 2.24) is 9.78 Å². The molecular weight excluding hydrogens is 240 g/mol. The molecule has 94 valence electrons. The smallest absolute Gasteiger partial charge is 0.246 e. The predicted molar refractivity (Wildman–Crippen MR) is 62.0 cm³/mol. The summed E-state index contributed by atoms with van der Waals surface area (Å²) < 4.78 is 27.1. The van der Waals surface area contributed by atoms with E-state index < -0.39 is 11.6 Å². The molecule has 1 heterocycles. The Kier molecular flexibility index (Phi) is 3.36. The molecule has 2 rings (SSSR count). The van der Waals surface area contributed by atoms with Crippen LogP contribution >= 0.6 is 0 Å². The van der Waals surface area contributed by atoms with Crippen LogP contribution in [-0.2, 0) is 11.3 Å². The fraction of sp³-hybridized carbons (Fsp3) is 0.167. The molecule has 18 heavy (non-hydrogen) atoms. The number of benzene rings is 1. The zero-order chi connectivity index (χ0) is 13.1. The Bertz CT molecular complexity index is 580. The van der Waals surface area contributed by atoms with Crippen molar-refractivity contribution in [1.29, 1.82) is 0 Å². The van der Waals surface area contributed by atoms with E-state index in [1.807, 2.05) is 6.92 Å². The van der Waals surface area contributed by atoms with Gasteiger partial charge in [-0.2, -0.15) is 5.10 Å². The van der Waals surface area contributed by atoms with Gasteiger partial charge < -0.3 is 5.32 Å². The topological polar surface area (TPSA) is 46.9 Å². The van der Waals surface area contributed by atoms with Gasteiger partial charge in [0.15, 0.2) is 11.6 Å². The Morgan fingerprint density at radius 2 is 2.17 bits per heavy atom. The van der Waals surface area contributed by atoms with Crippen LogP contribution in [0.25, 0.3) is 0 Å². The first-order valence-corrected chi connectivity index (χ1v) is 5.28. The van der Waals surface area contributed by atoms with Crippen molar-refractivity contribution in [3.8, 4) is 0 Å². The van der Waals surface area contributed by atoms with E-state index in [9.17, 15) is 13.6 Å². The molecule has 0 radical (unpaired) electrons. The van der Waals surface area contributed by atoms with Gasteiger partial charge in [0.1, 0.15) is 6.54 Å². The fourth-order valence-electron chi connectivity index (χ4n) is 1.47. The Hall–Kier alpha value is -2.24. The summed E-state index contributed by atoms with van der Waals surface area (Å²) in [4.78, 5) is 11.6. The highest BCUT2D eigenvalue weighted by atomic mass is 19.2. The summed E-state index contributed by atoms with van der Waals surface area (Å²) >= 11 is 0. The van der Waals surface area contributed by atoms with E-state index in [4.69, 9.17) is 0 Å². The number of hydrogen-bond acceptors (Lipinski definition) is 2. The van der Waals surface area contributed by atoms with Crippen LogP contribution in [0, 0.1) is 18.6 Å². The molecule has 6 heteroatoms. The summed E-state index contributed by atoms with van der Waals surface area (Å²) in [6.07, 6.45) is 3.34. The molecule has 0 saturated carbocycles. The summed E-state index contributed by atoms with van der Waals surface area (Å²) in [5, 5.41) is 6.41. The molecule has 1 aromatic heterocycles. The third kappa shape index (κ3) is 2.91. The third-order valence-electron chi connectivity index (χ3n) is 2.27. The van der Waals surface area contributed by atoms with Crippen molar-refractivity contribution in [2.24, 2.45) is 0 Å². The number of aromatic nitrogens is 2. The van der Waals surface area contributed by atoms with Crippen molar-refractivity contribution >= 4 is 11.6 Å². The Morgan fingerprint density at radius 1 is 1.39 bits per heavy atom. The molecule has 4 nitrogen and oxygen atoms in total. The molecule has 0 spiro atoms. The second kappa shape index (κ2) is 4.95. The molecule has 0 aliphatic carbocycles. The lowest BCUT2D eigenvalue weighted by molar-refractivity contribution is -0.116. The van der Waals surface area contributed by atoms with Crippen LogP contribution in [0.1, 0.15) is 5.56 Å². The van der Waals surface area contributed by atoms with Gasteiger partial charge in [-0.05, 0) is 24.6 Å². The molecule has 0 unspecified atom stereocenters. The van der Waals surface area contributed by atoms with Crippen LogP contribution in [0.3, 0.4) is 0 Å². The molecule has 2 aromatic rings. The number of amides is 1. The minimum absolute atomic E-state index is 0.0207. The standard InChI is InChI=1S/C12H11F2N3O/c1-8-5-15-17(6-8)7-12(18)16-9-2-3-10(13)11(14)4-9/h2-6H,7H2,1H3,(H,16,18). The summed E-state index contributed by atoms with van der Waals surface area (Å²) in [6, 6.07) is 3.19. The van der Waals surface area contributed by atoms with Crippen molar-refractivity contribution in [2.45, 2.75) is 13.5 Å². The number of nitrogens with zero attached hydrogens (tertiary/aromatic N) is 2. The quantitative estimate of drug-likeness (QED) is 0.908. The Morgan fingerprint density at radius 3 is 2.78 bits per heavy atom. The molecule has 0 bridgehead atoms. The number of rotatable bonds is 3. The van der Waals surface area contributed by atoms with Gasteiger partial charge in [0.25, 0.3) is 0 Å². The lowest BCUT2D eigenvalue weighted by Gasteiger charge is -2.05. The zero-order valence-corrected chi connectivity index (χ0v) is 9.65. The average molecular weight is 251 g/mol. The third-order valence-corrected chi connectivity index (χ3v) is 2.27. The number of aryl methyl sites for hydroxylation is 1. The first kappa shape index (κ1) is 12.2. The van der Waals surface area contributed by atoms with E-state index in [0.29, 0.717) is 0 Å². The maximum absolute atomic E-state index is 12.9. The van der Waals surface area contributed by atoms with Crippen LogP contribution < -0.4 is 5.32 Å². The van der Waals surface area contributed by atoms with Gasteiger partial charge in [-0.3, -0.25) is 9.48 Å². The largest absolute Gasteiger partial charge is 0.324 e. The molecule has 0 saturated heterocycles. The average Bonchev–Trinajstić information content (AvgIpc) is 2.69. The van der Waals surface area contributed by atoms with Gasteiger partial charge in [0.2, 0.25) is 5.91 Å². The van der Waals surface area contributed by atoms with Crippen molar-refractivity contribution < 1.29 is 13.6 Å². The van der Waals surface area contributed by atoms with Gasteiger partial charge >= 0.3 is 0 Å². The van der Waals surface area contributed by atoms with E-state index in [-0.39, 0.29) is 18.1 Å². The van der Waals surface area contributed by atoms with E-state index in [0.717, 1.165) is 17.7 Å². The lowest BCUT2D eigenvalue weighted by Crippen LogP contribution is -2.19. The lowest BCUT2D eigenvalue weighted by atomic mass is 10.3. The highest BCUT2D eigenvalue weighted by Crippen LogP contribution is 2.13. The van der Waals surface area contributed by atoms with E-state index in [1.54, 1.807) is 12.4 Å². The van der Waals surface area contributed by atoms with Gasteiger partial charge in [0.05, 0.1) is 6.20 Å². The van der Waals surface area contributed by atoms with Crippen LogP contribution in [0.2, 0.25) is 0 Å². The summed E-state index contributed by atoms with van der Waals surface area (Å²) in [5.74, 6) is -2.30. The molecule has 0 fully saturated rings. The summed E-state index contributed by atoms with van der Waals surface area (Å²) in [7, 11) is 0. The molecular formula is C12H11F2N3O. The Balaban J connectivity index is 2.00. The number of anilines is 1. The number of hydrogen-bond donors (Lipinski definition) is 1. The first-order valence-electron chi connectivity index (χ1n) is 5.28. The van der Waals surface area contributed by atoms with Crippen LogP contribution in [0.15, 0.2) is 30.6 Å². The second-order valence-corrected chi connectivity index (χ2v) is 3.89. The fourth-order valence-corrected chi connectivity index (χ4v) is 1.47. The maximum Gasteiger partial charge on any atom is 0.246 e. The summed E-state index contributed by atoms with van der Waals surface area (Å²) in [6.45, 7) is 1.88. The molecule has 0 aliphatic rings. The first-order chi connectivity index (χ1) is 8.54. The zero-order valence-electron chi connectivity index (χ0n) is 9.65. The molecule has 1 aromatic carbocycles. The van der Waals surface area contributed by atoms with E-state index >= 15 is 0 Å². The Labute approximate surface area is 102 Å². The minimum atomic E-state index is -0.997. The summed E-state index contributed by atoms with van der Waals surface area (Å²) in [5.41, 5.74) is 1.15. The van der Waals surface area contributed by atoms with Crippen LogP contribution in [-0.4, -0.2) is 15.7 Å². The van der Waals surface area contributed by atoms with E-state index in [1.165, 1.54) is 10.7 Å². The monoisotopic (exact) mass is 251 g/mol. The number of halogens is 2. The van der Waals surface area contributed by atoms with Gasteiger partial charge in [-0.1, -0.05) is 0 Å². The number of nitrogens with one attached hydrogen (secondary N) is 1.